The third kappa shape index (κ3) is 6.16. The summed E-state index contributed by atoms with van der Waals surface area (Å²) in [6, 6.07) is 3.80. The maximum Gasteiger partial charge on any atom is 0.410 e. The van der Waals surface area contributed by atoms with Crippen molar-refractivity contribution in [2.75, 3.05) is 14.2 Å². The maximum atomic E-state index is 12.0. The van der Waals surface area contributed by atoms with E-state index in [0.29, 0.717) is 5.88 Å². The second-order valence-electron chi connectivity index (χ2n) is 6.21. The van der Waals surface area contributed by atoms with Crippen molar-refractivity contribution in [1.29, 1.82) is 0 Å². The van der Waals surface area contributed by atoms with Crippen LogP contribution in [0.1, 0.15) is 39.7 Å². The minimum Gasteiger partial charge on any atom is -0.481 e. The Bertz CT molecular complexity index is 504. The first-order chi connectivity index (χ1) is 10.2. The molecule has 0 aliphatic carbocycles. The van der Waals surface area contributed by atoms with Crippen molar-refractivity contribution in [1.82, 2.24) is 9.88 Å². The fourth-order valence-electron chi connectivity index (χ4n) is 1.68. The van der Waals surface area contributed by atoms with Gasteiger partial charge < -0.3 is 14.4 Å². The number of hydrogen-bond acceptors (Lipinski definition) is 4. The molecule has 0 aliphatic rings. The van der Waals surface area contributed by atoms with Crippen molar-refractivity contribution >= 4 is 12.2 Å². The van der Waals surface area contributed by atoms with Crippen LogP contribution in [0.3, 0.4) is 0 Å². The Morgan fingerprint density at radius 1 is 1.41 bits per heavy atom. The summed E-state index contributed by atoms with van der Waals surface area (Å²) in [7, 11) is 3.34. The summed E-state index contributed by atoms with van der Waals surface area (Å²) in [6.45, 7) is 7.57. The molecule has 1 atom stereocenters. The highest BCUT2D eigenvalue weighted by atomic mass is 16.6. The fourth-order valence-corrected chi connectivity index (χ4v) is 1.68. The molecule has 0 aromatic carbocycles. The molecular formula is C17H26N2O3. The maximum absolute atomic E-state index is 12.0. The number of aromatic nitrogens is 1. The highest BCUT2D eigenvalue weighted by Gasteiger charge is 2.22. The molecule has 122 valence electrons. The van der Waals surface area contributed by atoms with Crippen LogP contribution in [0, 0.1) is 0 Å². The molecule has 1 unspecified atom stereocenters. The van der Waals surface area contributed by atoms with Gasteiger partial charge in [0.25, 0.3) is 0 Å². The third-order valence-electron chi connectivity index (χ3n) is 3.10. The zero-order valence-electron chi connectivity index (χ0n) is 14.3. The standard InChI is InChI=1S/C17H26N2O3/c1-13(19(5)16(20)22-17(2,3)4)8-7-9-14-10-11-15(21-6)18-12-14/h7,9-13H,8H2,1-6H3. The molecule has 0 saturated carbocycles. The highest BCUT2D eigenvalue weighted by Crippen LogP contribution is 2.13. The SMILES string of the molecule is COc1ccc(C=CCC(C)N(C)C(=O)OC(C)(C)C)cn1. The van der Waals surface area contributed by atoms with E-state index >= 15 is 0 Å². The van der Waals surface area contributed by atoms with Crippen LogP contribution in [-0.4, -0.2) is 41.8 Å². The van der Waals surface area contributed by atoms with Gasteiger partial charge in [0.05, 0.1) is 7.11 Å². The summed E-state index contributed by atoms with van der Waals surface area (Å²) >= 11 is 0. The molecule has 0 aliphatic heterocycles. The van der Waals surface area contributed by atoms with Crippen molar-refractivity contribution < 1.29 is 14.3 Å². The molecule has 1 rings (SSSR count). The summed E-state index contributed by atoms with van der Waals surface area (Å²) in [5, 5.41) is 0. The molecule has 0 saturated heterocycles. The molecule has 1 aromatic rings. The Labute approximate surface area is 132 Å². The molecule has 22 heavy (non-hydrogen) atoms. The number of hydrogen-bond donors (Lipinski definition) is 0. The van der Waals surface area contributed by atoms with E-state index in [1.54, 1.807) is 25.3 Å². The largest absolute Gasteiger partial charge is 0.481 e. The average Bonchev–Trinajstić information content (AvgIpc) is 2.45. The number of methoxy groups -OCH3 is 1. The minimum atomic E-state index is -0.477. The molecule has 1 aromatic heterocycles. The van der Waals surface area contributed by atoms with E-state index in [4.69, 9.17) is 9.47 Å². The van der Waals surface area contributed by atoms with Crippen molar-refractivity contribution in [2.45, 2.75) is 45.8 Å². The van der Waals surface area contributed by atoms with E-state index in [9.17, 15) is 4.79 Å². The lowest BCUT2D eigenvalue weighted by Gasteiger charge is -2.28. The average molecular weight is 306 g/mol. The topological polar surface area (TPSA) is 51.7 Å². The predicted octanol–water partition coefficient (Wildman–Crippen LogP) is 3.75. The van der Waals surface area contributed by atoms with Crippen molar-refractivity contribution in [2.24, 2.45) is 0 Å². The zero-order chi connectivity index (χ0) is 16.8. The van der Waals surface area contributed by atoms with Crippen LogP contribution in [0.2, 0.25) is 0 Å². The van der Waals surface area contributed by atoms with E-state index in [-0.39, 0.29) is 12.1 Å². The molecular weight excluding hydrogens is 280 g/mol. The summed E-state index contributed by atoms with van der Waals surface area (Å²) in [4.78, 5) is 17.7. The number of pyridine rings is 1. The van der Waals surface area contributed by atoms with Crippen molar-refractivity contribution in [3.63, 3.8) is 0 Å². The molecule has 1 amide bonds. The lowest BCUT2D eigenvalue weighted by Crippen LogP contribution is -2.39. The van der Waals surface area contributed by atoms with Crippen LogP contribution in [0.15, 0.2) is 24.4 Å². The van der Waals surface area contributed by atoms with Gasteiger partial charge in [0.15, 0.2) is 0 Å². The van der Waals surface area contributed by atoms with Gasteiger partial charge in [0.1, 0.15) is 5.60 Å². The van der Waals surface area contributed by atoms with Crippen molar-refractivity contribution in [3.05, 3.63) is 30.0 Å². The second-order valence-corrected chi connectivity index (χ2v) is 6.21. The Morgan fingerprint density at radius 3 is 2.59 bits per heavy atom. The first kappa shape index (κ1) is 18.0. The molecule has 5 nitrogen and oxygen atoms in total. The molecule has 1 heterocycles. The number of carbonyl (C=O) groups is 1. The van der Waals surface area contributed by atoms with Gasteiger partial charge >= 0.3 is 6.09 Å². The van der Waals surface area contributed by atoms with Gasteiger partial charge in [0, 0.05) is 25.4 Å². The van der Waals surface area contributed by atoms with E-state index < -0.39 is 5.60 Å². The normalized spacial score (nSPS) is 13.0. The van der Waals surface area contributed by atoms with Crippen molar-refractivity contribution in [3.8, 4) is 5.88 Å². The number of carbonyl (C=O) groups excluding carboxylic acids is 1. The van der Waals surface area contributed by atoms with Crippen LogP contribution in [0.25, 0.3) is 6.08 Å². The number of ether oxygens (including phenoxy) is 2. The fraction of sp³-hybridized carbons (Fsp3) is 0.529. The summed E-state index contributed by atoms with van der Waals surface area (Å²) in [6.07, 6.45) is 6.18. The van der Waals surface area contributed by atoms with Crippen LogP contribution in [0.5, 0.6) is 5.88 Å². The van der Waals surface area contributed by atoms with Gasteiger partial charge in [-0.3, -0.25) is 0 Å². The summed E-state index contributed by atoms with van der Waals surface area (Å²) in [5.41, 5.74) is 0.517. The zero-order valence-corrected chi connectivity index (χ0v) is 14.3. The number of nitrogens with zero attached hydrogens (tertiary/aromatic N) is 2. The van der Waals surface area contributed by atoms with Gasteiger partial charge in [-0.1, -0.05) is 12.2 Å². The first-order valence-electron chi connectivity index (χ1n) is 7.35. The second kappa shape index (κ2) is 7.82. The molecule has 5 heteroatoms. The van der Waals surface area contributed by atoms with E-state index in [0.717, 1.165) is 12.0 Å². The lowest BCUT2D eigenvalue weighted by molar-refractivity contribution is 0.0238. The van der Waals surface area contributed by atoms with Crippen LogP contribution in [-0.2, 0) is 4.74 Å². The Hall–Kier alpha value is -2.04. The minimum absolute atomic E-state index is 0.0531. The molecule has 0 fully saturated rings. The van der Waals surface area contributed by atoms with Gasteiger partial charge in [-0.15, -0.1) is 0 Å². The Balaban J connectivity index is 2.51. The van der Waals surface area contributed by atoms with Gasteiger partial charge in [-0.2, -0.15) is 0 Å². The van der Waals surface area contributed by atoms with Crippen LogP contribution >= 0.6 is 0 Å². The third-order valence-corrected chi connectivity index (χ3v) is 3.10. The van der Waals surface area contributed by atoms with Crippen LogP contribution < -0.4 is 4.74 Å². The van der Waals surface area contributed by atoms with E-state index in [1.165, 1.54) is 0 Å². The van der Waals surface area contributed by atoms with E-state index in [1.807, 2.05) is 52.0 Å². The molecule has 0 bridgehead atoms. The van der Waals surface area contributed by atoms with E-state index in [2.05, 4.69) is 4.98 Å². The summed E-state index contributed by atoms with van der Waals surface area (Å²) in [5.74, 6) is 0.593. The predicted molar refractivity (Wildman–Crippen MR) is 87.9 cm³/mol. The van der Waals surface area contributed by atoms with Gasteiger partial charge in [-0.05, 0) is 45.7 Å². The Kier molecular flexibility index (Phi) is 6.40. The Morgan fingerprint density at radius 2 is 2.09 bits per heavy atom. The smallest absolute Gasteiger partial charge is 0.410 e. The van der Waals surface area contributed by atoms with Gasteiger partial charge in [-0.25, -0.2) is 9.78 Å². The van der Waals surface area contributed by atoms with Gasteiger partial charge in [0.2, 0.25) is 5.88 Å². The molecule has 0 N–H and O–H groups in total. The molecule has 0 radical (unpaired) electrons. The monoisotopic (exact) mass is 306 g/mol. The molecule has 0 spiro atoms. The number of amides is 1. The number of rotatable bonds is 5. The first-order valence-corrected chi connectivity index (χ1v) is 7.35. The lowest BCUT2D eigenvalue weighted by atomic mass is 10.1. The quantitative estimate of drug-likeness (QED) is 0.831. The van der Waals surface area contributed by atoms with Crippen LogP contribution in [0.4, 0.5) is 4.79 Å². The highest BCUT2D eigenvalue weighted by molar-refractivity contribution is 5.68. The summed E-state index contributed by atoms with van der Waals surface area (Å²) < 4.78 is 10.4.